The molecule has 2 aromatic carbocycles. The summed E-state index contributed by atoms with van der Waals surface area (Å²) in [4.78, 5) is 42.0. The second-order valence-corrected chi connectivity index (χ2v) is 10.7. The summed E-state index contributed by atoms with van der Waals surface area (Å²) in [6.07, 6.45) is 3.97. The first-order chi connectivity index (χ1) is 18.7. The van der Waals surface area contributed by atoms with Crippen LogP contribution in [-0.2, 0) is 20.7 Å². The Labute approximate surface area is 230 Å². The van der Waals surface area contributed by atoms with Crippen molar-refractivity contribution in [1.82, 2.24) is 9.88 Å². The number of benzene rings is 2. The Morgan fingerprint density at radius 3 is 2.51 bits per heavy atom. The number of aliphatic carboxylic acids is 1. The highest BCUT2D eigenvalue weighted by Crippen LogP contribution is 2.35. The van der Waals surface area contributed by atoms with Crippen LogP contribution >= 0.6 is 11.6 Å². The van der Waals surface area contributed by atoms with Crippen LogP contribution < -0.4 is 5.32 Å². The zero-order valence-electron chi connectivity index (χ0n) is 21.4. The predicted molar refractivity (Wildman–Crippen MR) is 146 cm³/mol. The van der Waals surface area contributed by atoms with Gasteiger partial charge in [0.2, 0.25) is 5.78 Å². The maximum atomic E-state index is 16.4. The number of rotatable bonds is 9. The van der Waals surface area contributed by atoms with E-state index in [4.69, 9.17) is 16.3 Å². The van der Waals surface area contributed by atoms with Gasteiger partial charge in [0, 0.05) is 36.6 Å². The molecule has 0 spiro atoms. The maximum absolute atomic E-state index is 16.4. The fraction of sp³-hybridized carbons (Fsp3) is 0.414. The molecule has 8 nitrogen and oxygen atoms in total. The molecule has 2 heterocycles. The Bertz CT molecular complexity index is 1380. The van der Waals surface area contributed by atoms with Gasteiger partial charge in [-0.2, -0.15) is 4.39 Å². The number of carbonyl (C=O) groups is 3. The molecule has 1 unspecified atom stereocenters. The Morgan fingerprint density at radius 2 is 1.82 bits per heavy atom. The molecule has 0 bridgehead atoms. The van der Waals surface area contributed by atoms with E-state index in [0.717, 1.165) is 23.7 Å². The van der Waals surface area contributed by atoms with Crippen LogP contribution in [0.15, 0.2) is 48.7 Å². The largest absolute Gasteiger partial charge is 0.481 e. The number of carboxylic acids is 1. The topological polar surface area (TPSA) is 112 Å². The SMILES string of the molecule is O=C(Nc1ccc(CC(=O)C(F)(OC2CCC(C(=O)O)CC2)N2CCCC2)cc1Cl)c1c[nH]c2ccccc12. The van der Waals surface area contributed by atoms with Crippen molar-refractivity contribution in [3.63, 3.8) is 0 Å². The third-order valence-corrected chi connectivity index (χ3v) is 8.00. The monoisotopic (exact) mass is 555 g/mol. The second-order valence-electron chi connectivity index (χ2n) is 10.3. The van der Waals surface area contributed by atoms with E-state index >= 15 is 4.39 Å². The lowest BCUT2D eigenvalue weighted by Crippen LogP contribution is -2.54. The first kappa shape index (κ1) is 27.3. The Hall–Kier alpha value is -3.27. The van der Waals surface area contributed by atoms with Crippen LogP contribution in [0.4, 0.5) is 10.1 Å². The average Bonchev–Trinajstić information content (AvgIpc) is 3.61. The molecule has 3 N–H and O–H groups in total. The number of para-hydroxylation sites is 1. The summed E-state index contributed by atoms with van der Waals surface area (Å²) < 4.78 is 22.2. The third kappa shape index (κ3) is 5.85. The molecule has 39 heavy (non-hydrogen) atoms. The zero-order valence-corrected chi connectivity index (χ0v) is 22.2. The Balaban J connectivity index is 1.27. The van der Waals surface area contributed by atoms with Crippen molar-refractivity contribution in [2.75, 3.05) is 18.4 Å². The summed E-state index contributed by atoms with van der Waals surface area (Å²) in [5, 5.41) is 13.1. The normalized spacial score (nSPS) is 21.5. The van der Waals surface area contributed by atoms with Gasteiger partial charge in [-0.05, 0) is 62.3 Å². The minimum Gasteiger partial charge on any atom is -0.481 e. The second kappa shape index (κ2) is 11.5. The summed E-state index contributed by atoms with van der Waals surface area (Å²) >= 11 is 6.46. The van der Waals surface area contributed by atoms with Gasteiger partial charge in [-0.1, -0.05) is 35.9 Å². The summed E-state index contributed by atoms with van der Waals surface area (Å²) in [6.45, 7) is 0.818. The molecule has 1 saturated heterocycles. The van der Waals surface area contributed by atoms with Crippen LogP contribution in [0.1, 0.15) is 54.4 Å². The molecule has 5 rings (SSSR count). The lowest BCUT2D eigenvalue weighted by Gasteiger charge is -2.37. The molecular formula is C29H31ClFN3O5. The number of halogens is 2. The standard InChI is InChI=1S/C29H31ClFN3O5/c30-23-15-18(7-12-25(23)33-27(36)22-17-32-24-6-2-1-5-21(22)24)16-26(35)29(31,34-13-3-4-14-34)39-20-10-8-19(9-11-20)28(37)38/h1-2,5-7,12,15,17,19-20,32H,3-4,8-11,13-14,16H2,(H,33,36)(H,37,38). The van der Waals surface area contributed by atoms with Crippen LogP contribution in [0.3, 0.4) is 0 Å². The molecule has 3 aromatic rings. The van der Waals surface area contributed by atoms with E-state index in [1.165, 1.54) is 4.90 Å². The molecule has 0 radical (unpaired) electrons. The minimum absolute atomic E-state index is 0.229. The number of nitrogens with zero attached hydrogens (tertiary/aromatic N) is 1. The fourth-order valence-electron chi connectivity index (χ4n) is 5.48. The van der Waals surface area contributed by atoms with Crippen LogP contribution in [0.5, 0.6) is 0 Å². The number of fused-ring (bicyclic) bond motifs is 1. The van der Waals surface area contributed by atoms with Gasteiger partial charge in [0.15, 0.2) is 0 Å². The van der Waals surface area contributed by atoms with E-state index in [2.05, 4.69) is 10.3 Å². The number of Topliss-reactive ketones (excluding diaryl/α,β-unsaturated/α-hetero) is 1. The molecule has 2 aliphatic rings. The van der Waals surface area contributed by atoms with Gasteiger partial charge < -0.3 is 20.1 Å². The first-order valence-electron chi connectivity index (χ1n) is 13.3. The van der Waals surface area contributed by atoms with Crippen molar-refractivity contribution in [3.05, 3.63) is 64.8 Å². The van der Waals surface area contributed by atoms with Gasteiger partial charge in [-0.25, -0.2) is 4.90 Å². The van der Waals surface area contributed by atoms with Crippen molar-refractivity contribution in [3.8, 4) is 0 Å². The summed E-state index contributed by atoms with van der Waals surface area (Å²) in [7, 11) is 0. The molecule has 10 heteroatoms. The van der Waals surface area contributed by atoms with Crippen molar-refractivity contribution in [2.24, 2.45) is 5.92 Å². The molecule has 1 saturated carbocycles. The van der Waals surface area contributed by atoms with Crippen molar-refractivity contribution >= 4 is 45.9 Å². The minimum atomic E-state index is -2.59. The number of aromatic nitrogens is 1. The van der Waals surface area contributed by atoms with Gasteiger partial charge in [-0.3, -0.25) is 14.4 Å². The molecule has 2 fully saturated rings. The zero-order chi connectivity index (χ0) is 27.6. The number of H-pyrrole nitrogens is 1. The number of anilines is 1. The molecule has 1 amide bonds. The number of nitrogens with one attached hydrogen (secondary N) is 2. The smallest absolute Gasteiger partial charge is 0.330 e. The number of amides is 1. The molecule has 1 aliphatic heterocycles. The lowest BCUT2D eigenvalue weighted by atomic mass is 9.87. The molecular weight excluding hydrogens is 525 g/mol. The lowest BCUT2D eigenvalue weighted by molar-refractivity contribution is -0.252. The summed E-state index contributed by atoms with van der Waals surface area (Å²) in [5.41, 5.74) is 2.19. The Kier molecular flexibility index (Phi) is 8.02. The highest BCUT2D eigenvalue weighted by molar-refractivity contribution is 6.34. The van der Waals surface area contributed by atoms with Crippen molar-refractivity contribution in [2.45, 2.75) is 57.0 Å². The molecule has 206 valence electrons. The number of carbonyl (C=O) groups excluding carboxylic acids is 2. The molecule has 1 aliphatic carbocycles. The number of ether oxygens (including phenoxy) is 1. The highest BCUT2D eigenvalue weighted by atomic mass is 35.5. The molecule has 1 atom stereocenters. The number of hydrogen-bond acceptors (Lipinski definition) is 5. The quantitative estimate of drug-likeness (QED) is 0.298. The van der Waals surface area contributed by atoms with Gasteiger partial charge in [0.05, 0.1) is 28.3 Å². The fourth-order valence-corrected chi connectivity index (χ4v) is 5.73. The third-order valence-electron chi connectivity index (χ3n) is 7.68. The van der Waals surface area contributed by atoms with E-state index in [1.54, 1.807) is 24.4 Å². The van der Waals surface area contributed by atoms with E-state index in [9.17, 15) is 19.5 Å². The number of likely N-dealkylation sites (tertiary alicyclic amines) is 1. The highest BCUT2D eigenvalue weighted by Gasteiger charge is 2.48. The number of carboxylic acid groups (broad SMARTS) is 1. The van der Waals surface area contributed by atoms with Crippen LogP contribution in [-0.4, -0.2) is 57.8 Å². The predicted octanol–water partition coefficient (Wildman–Crippen LogP) is 5.56. The van der Waals surface area contributed by atoms with Crippen molar-refractivity contribution < 1.29 is 28.6 Å². The molecule has 1 aromatic heterocycles. The van der Waals surface area contributed by atoms with Crippen LogP contribution in [0, 0.1) is 5.92 Å². The van der Waals surface area contributed by atoms with E-state index in [0.29, 0.717) is 55.6 Å². The first-order valence-corrected chi connectivity index (χ1v) is 13.7. The average molecular weight is 556 g/mol. The van der Waals surface area contributed by atoms with Gasteiger partial charge >= 0.3 is 11.9 Å². The maximum Gasteiger partial charge on any atom is 0.330 e. The van der Waals surface area contributed by atoms with E-state index in [-0.39, 0.29) is 17.4 Å². The Morgan fingerprint density at radius 1 is 1.10 bits per heavy atom. The number of alkyl halides is 1. The number of ketones is 1. The van der Waals surface area contributed by atoms with Gasteiger partial charge in [0.25, 0.3) is 5.91 Å². The van der Waals surface area contributed by atoms with Gasteiger partial charge in [-0.15, -0.1) is 0 Å². The van der Waals surface area contributed by atoms with Crippen molar-refractivity contribution in [1.29, 1.82) is 0 Å². The van der Waals surface area contributed by atoms with Crippen LogP contribution in [0.2, 0.25) is 5.02 Å². The number of hydrogen-bond donors (Lipinski definition) is 3. The summed E-state index contributed by atoms with van der Waals surface area (Å²) in [6, 6.07) is 12.2. The number of aromatic amines is 1. The van der Waals surface area contributed by atoms with Gasteiger partial charge in [0.1, 0.15) is 0 Å². The summed E-state index contributed by atoms with van der Waals surface area (Å²) in [5.74, 6) is -4.96. The van der Waals surface area contributed by atoms with E-state index < -0.39 is 29.8 Å². The van der Waals surface area contributed by atoms with Crippen LogP contribution in [0.25, 0.3) is 10.9 Å². The van der Waals surface area contributed by atoms with E-state index in [1.807, 2.05) is 24.3 Å².